The predicted octanol–water partition coefficient (Wildman–Crippen LogP) is 3.52. The van der Waals surface area contributed by atoms with Gasteiger partial charge < -0.3 is 4.74 Å². The molecule has 0 atom stereocenters. The number of benzene rings is 1. The molecule has 10 heteroatoms. The Morgan fingerprint density at radius 3 is 2.00 bits per heavy atom. The molecule has 0 amide bonds. The van der Waals surface area contributed by atoms with Crippen molar-refractivity contribution in [2.75, 3.05) is 0 Å². The molecule has 124 valence electrons. The Balaban J connectivity index is 1.90. The molecule has 0 spiro atoms. The average molecular weight is 442 g/mol. The monoisotopic (exact) mass is 441 g/mol. The van der Waals surface area contributed by atoms with E-state index in [-0.39, 0.29) is 17.0 Å². The first-order valence-corrected chi connectivity index (χ1v) is 9.18. The van der Waals surface area contributed by atoms with Crippen LogP contribution < -0.4 is 4.74 Å². The Hall–Kier alpha value is -2.84. The number of hydrogen-bond acceptors (Lipinski definition) is 9. The molecule has 0 unspecified atom stereocenters. The highest BCUT2D eigenvalue weighted by Crippen LogP contribution is 2.50. The Bertz CT molecular complexity index is 1030. The number of carbonyl (C=O) groups excluding carboxylic acids is 1. The van der Waals surface area contributed by atoms with E-state index in [0.717, 1.165) is 28.0 Å². The van der Waals surface area contributed by atoms with Crippen LogP contribution in [0.5, 0.6) is 5.75 Å². The second-order valence-corrected chi connectivity index (χ2v) is 7.75. The van der Waals surface area contributed by atoms with E-state index in [9.17, 15) is 10.1 Å². The molecule has 1 aromatic carbocycles. The lowest BCUT2D eigenvalue weighted by molar-refractivity contribution is -0.129. The molecular weight excluding hydrogens is 438 g/mol. The molecule has 0 bridgehead atoms. The maximum atomic E-state index is 12.3. The van der Waals surface area contributed by atoms with Crippen molar-refractivity contribution in [3.8, 4) is 24.0 Å². The van der Waals surface area contributed by atoms with Crippen molar-refractivity contribution in [2.24, 2.45) is 0 Å². The molecule has 0 fully saturated rings. The molecular formula is C16H4BrN5O2S2. The summed E-state index contributed by atoms with van der Waals surface area (Å²) in [6.45, 7) is 0. The number of nitrogens with zero attached hydrogens (tertiary/aromatic N) is 5. The maximum absolute atomic E-state index is 12.3. The highest BCUT2D eigenvalue weighted by Gasteiger charge is 2.29. The largest absolute Gasteiger partial charge is 0.422 e. The summed E-state index contributed by atoms with van der Waals surface area (Å²) in [6, 6.07) is 12.0. The maximum Gasteiger partial charge on any atom is 0.356 e. The van der Waals surface area contributed by atoms with Crippen LogP contribution in [0.1, 0.15) is 11.4 Å². The lowest BCUT2D eigenvalue weighted by Gasteiger charge is -2.04. The van der Waals surface area contributed by atoms with Gasteiger partial charge in [0.25, 0.3) is 0 Å². The fourth-order valence-electron chi connectivity index (χ4n) is 1.83. The molecule has 1 aromatic heterocycles. The van der Waals surface area contributed by atoms with Crippen LogP contribution in [-0.2, 0) is 4.79 Å². The van der Waals surface area contributed by atoms with Crippen LogP contribution in [0.3, 0.4) is 0 Å². The molecule has 1 aliphatic heterocycles. The van der Waals surface area contributed by atoms with Gasteiger partial charge >= 0.3 is 5.97 Å². The van der Waals surface area contributed by atoms with Crippen LogP contribution in [0, 0.1) is 34.0 Å². The number of aromatic nitrogens is 2. The van der Waals surface area contributed by atoms with Crippen LogP contribution in [0.2, 0.25) is 0 Å². The molecule has 1 aliphatic rings. The van der Waals surface area contributed by atoms with E-state index in [4.69, 9.17) is 15.3 Å². The average Bonchev–Trinajstić information content (AvgIpc) is 3.05. The number of thioether (sulfide) groups is 2. The SMILES string of the molecule is N#CC(C(=O)Oc1ccc(Br)cc1)=C1Sc2nc(C#N)c(C#N)nc2S1. The number of halogens is 1. The van der Waals surface area contributed by atoms with Gasteiger partial charge in [-0.1, -0.05) is 39.5 Å². The van der Waals surface area contributed by atoms with E-state index >= 15 is 0 Å². The predicted molar refractivity (Wildman–Crippen MR) is 95.6 cm³/mol. The summed E-state index contributed by atoms with van der Waals surface area (Å²) in [5.74, 6) is -0.509. The minimum Gasteiger partial charge on any atom is -0.422 e. The fourth-order valence-corrected chi connectivity index (χ4v) is 4.33. The summed E-state index contributed by atoms with van der Waals surface area (Å²) in [5.41, 5.74) is -0.396. The Kier molecular flexibility index (Phi) is 5.24. The van der Waals surface area contributed by atoms with Gasteiger partial charge in [-0.15, -0.1) is 0 Å². The van der Waals surface area contributed by atoms with E-state index in [0.29, 0.717) is 20.0 Å². The van der Waals surface area contributed by atoms with Gasteiger partial charge in [0.15, 0.2) is 17.0 Å². The number of rotatable bonds is 2. The van der Waals surface area contributed by atoms with Gasteiger partial charge in [0.2, 0.25) is 0 Å². The van der Waals surface area contributed by atoms with Crippen LogP contribution >= 0.6 is 39.5 Å². The second kappa shape index (κ2) is 7.59. The van der Waals surface area contributed by atoms with E-state index in [1.54, 1.807) is 36.4 Å². The third-order valence-electron chi connectivity index (χ3n) is 2.97. The van der Waals surface area contributed by atoms with Gasteiger partial charge in [0, 0.05) is 4.47 Å². The van der Waals surface area contributed by atoms with Gasteiger partial charge in [-0.25, -0.2) is 14.8 Å². The topological polar surface area (TPSA) is 123 Å². The van der Waals surface area contributed by atoms with E-state index in [1.807, 2.05) is 6.07 Å². The van der Waals surface area contributed by atoms with Crippen LogP contribution in [-0.4, -0.2) is 15.9 Å². The highest BCUT2D eigenvalue weighted by molar-refractivity contribution is 9.10. The molecule has 3 rings (SSSR count). The van der Waals surface area contributed by atoms with Crippen LogP contribution in [0.4, 0.5) is 0 Å². The van der Waals surface area contributed by atoms with Crippen molar-refractivity contribution in [1.29, 1.82) is 15.8 Å². The minimum atomic E-state index is -0.807. The summed E-state index contributed by atoms with van der Waals surface area (Å²) in [5, 5.41) is 28.1. The lowest BCUT2D eigenvalue weighted by atomic mass is 10.3. The van der Waals surface area contributed by atoms with Crippen LogP contribution in [0.15, 0.2) is 48.6 Å². The molecule has 0 saturated carbocycles. The zero-order chi connectivity index (χ0) is 18.7. The normalized spacial score (nSPS) is 11.7. The summed E-state index contributed by atoms with van der Waals surface area (Å²) in [4.78, 5) is 20.4. The molecule has 26 heavy (non-hydrogen) atoms. The molecule has 2 heterocycles. The number of fused-ring (bicyclic) bond motifs is 1. The molecule has 0 aliphatic carbocycles. The third-order valence-corrected chi connectivity index (χ3v) is 5.86. The van der Waals surface area contributed by atoms with Gasteiger partial charge in [0.1, 0.15) is 34.0 Å². The first-order chi connectivity index (χ1) is 12.5. The summed E-state index contributed by atoms with van der Waals surface area (Å²) >= 11 is 5.35. The summed E-state index contributed by atoms with van der Waals surface area (Å²) in [6.07, 6.45) is 0. The Labute approximate surface area is 164 Å². The molecule has 2 aromatic rings. The number of esters is 1. The Morgan fingerprint density at radius 2 is 1.54 bits per heavy atom. The fraction of sp³-hybridized carbons (Fsp3) is 0. The summed E-state index contributed by atoms with van der Waals surface area (Å²) in [7, 11) is 0. The van der Waals surface area contributed by atoms with Gasteiger partial charge in [-0.05, 0) is 24.3 Å². The Morgan fingerprint density at radius 1 is 1.00 bits per heavy atom. The number of nitriles is 3. The molecule has 0 radical (unpaired) electrons. The molecule has 7 nitrogen and oxygen atoms in total. The van der Waals surface area contributed by atoms with Crippen molar-refractivity contribution in [3.63, 3.8) is 0 Å². The zero-order valence-corrected chi connectivity index (χ0v) is 15.8. The van der Waals surface area contributed by atoms with E-state index < -0.39 is 5.97 Å². The van der Waals surface area contributed by atoms with Gasteiger partial charge in [-0.2, -0.15) is 15.8 Å². The second-order valence-electron chi connectivity index (χ2n) is 4.58. The highest BCUT2D eigenvalue weighted by atomic mass is 79.9. The summed E-state index contributed by atoms with van der Waals surface area (Å²) < 4.78 is 6.37. The van der Waals surface area contributed by atoms with Crippen molar-refractivity contribution in [2.45, 2.75) is 10.1 Å². The first-order valence-electron chi connectivity index (χ1n) is 6.75. The zero-order valence-electron chi connectivity index (χ0n) is 12.6. The lowest BCUT2D eigenvalue weighted by Crippen LogP contribution is -2.11. The molecule has 0 saturated heterocycles. The van der Waals surface area contributed by atoms with Gasteiger partial charge in [-0.3, -0.25) is 0 Å². The quantitative estimate of drug-likeness (QED) is 0.297. The van der Waals surface area contributed by atoms with Gasteiger partial charge in [0.05, 0.1) is 4.24 Å². The number of carbonyl (C=O) groups is 1. The first kappa shape index (κ1) is 18.0. The smallest absolute Gasteiger partial charge is 0.356 e. The van der Waals surface area contributed by atoms with Crippen molar-refractivity contribution in [1.82, 2.24) is 9.97 Å². The van der Waals surface area contributed by atoms with E-state index in [2.05, 4.69) is 25.9 Å². The van der Waals surface area contributed by atoms with Crippen LogP contribution in [0.25, 0.3) is 0 Å². The minimum absolute atomic E-state index is 0.100. The van der Waals surface area contributed by atoms with E-state index in [1.165, 1.54) is 0 Å². The third kappa shape index (κ3) is 3.56. The van der Waals surface area contributed by atoms with Crippen molar-refractivity contribution >= 4 is 45.4 Å². The van der Waals surface area contributed by atoms with Crippen molar-refractivity contribution < 1.29 is 9.53 Å². The number of hydrogen-bond donors (Lipinski definition) is 0. The van der Waals surface area contributed by atoms with Crippen molar-refractivity contribution in [3.05, 3.63) is 49.9 Å². The molecule has 0 N–H and O–H groups in total. The standard InChI is InChI=1S/C16H4BrN5O2S2/c17-8-1-3-9(4-2-8)24-15(23)10(5-18)16-25-13-14(26-16)22-12(7-20)11(6-19)21-13/h1-4H. The number of ether oxygens (including phenoxy) is 1.